The van der Waals surface area contributed by atoms with Crippen LogP contribution in [0.3, 0.4) is 0 Å². The predicted octanol–water partition coefficient (Wildman–Crippen LogP) is -1.55. The van der Waals surface area contributed by atoms with E-state index >= 15 is 0 Å². The third-order valence-corrected chi connectivity index (χ3v) is 3.42. The van der Waals surface area contributed by atoms with Gasteiger partial charge in [0.05, 0.1) is 11.7 Å². The van der Waals surface area contributed by atoms with Crippen LogP contribution in [0.15, 0.2) is 24.3 Å². The van der Waals surface area contributed by atoms with Gasteiger partial charge in [0.2, 0.25) is 5.91 Å². The molecule has 0 aliphatic rings. The number of carboxylic acid groups (broad SMARTS) is 1. The van der Waals surface area contributed by atoms with E-state index in [1.54, 1.807) is 0 Å². The summed E-state index contributed by atoms with van der Waals surface area (Å²) < 4.78 is 0. The van der Waals surface area contributed by atoms with Gasteiger partial charge < -0.3 is 15.2 Å². The zero-order valence-electron chi connectivity index (χ0n) is 12.0. The molecular formula is C14H18KNO3S. The van der Waals surface area contributed by atoms with Crippen LogP contribution in [0.2, 0.25) is 0 Å². The maximum absolute atomic E-state index is 11.5. The van der Waals surface area contributed by atoms with Gasteiger partial charge in [-0.05, 0) is 30.5 Å². The third kappa shape index (κ3) is 9.15. The second-order valence-electron chi connectivity index (χ2n) is 4.21. The van der Waals surface area contributed by atoms with Crippen molar-refractivity contribution >= 4 is 29.3 Å². The SMILES string of the molecule is CCCCc1ccc(NC(=O)CSCC(=O)[O-])cc1.[K+]. The molecule has 1 N–H and O–H groups in total. The minimum Gasteiger partial charge on any atom is -0.549 e. The van der Waals surface area contributed by atoms with Gasteiger partial charge in [0.15, 0.2) is 0 Å². The third-order valence-electron chi connectivity index (χ3n) is 2.51. The van der Waals surface area contributed by atoms with E-state index < -0.39 is 5.97 Å². The second-order valence-corrected chi connectivity index (χ2v) is 5.20. The fraction of sp³-hybridized carbons (Fsp3) is 0.429. The van der Waals surface area contributed by atoms with Crippen molar-refractivity contribution in [3.8, 4) is 0 Å². The van der Waals surface area contributed by atoms with Gasteiger partial charge in [-0.2, -0.15) is 0 Å². The monoisotopic (exact) mass is 319 g/mol. The minimum absolute atomic E-state index is 0. The Hall–Kier alpha value is 0.146. The van der Waals surface area contributed by atoms with Crippen LogP contribution in [0, 0.1) is 0 Å². The Morgan fingerprint density at radius 2 is 1.85 bits per heavy atom. The van der Waals surface area contributed by atoms with Crippen LogP contribution >= 0.6 is 11.8 Å². The number of unbranched alkanes of at least 4 members (excludes halogenated alkanes) is 1. The van der Waals surface area contributed by atoms with Crippen molar-refractivity contribution < 1.29 is 66.1 Å². The summed E-state index contributed by atoms with van der Waals surface area (Å²) in [6.45, 7) is 2.15. The Bertz CT molecular complexity index is 423. The molecular weight excluding hydrogens is 301 g/mol. The number of carbonyl (C=O) groups excluding carboxylic acids is 2. The average molecular weight is 319 g/mol. The number of carbonyl (C=O) groups is 2. The molecule has 104 valence electrons. The van der Waals surface area contributed by atoms with Crippen LogP contribution < -0.4 is 61.8 Å². The Balaban J connectivity index is 0.00000361. The summed E-state index contributed by atoms with van der Waals surface area (Å²) in [4.78, 5) is 21.7. The standard InChI is InChI=1S/C14H19NO3S.K/c1-2-3-4-11-5-7-12(8-6-11)15-13(16)9-19-10-14(17)18;/h5-8H,2-4,9-10H2,1H3,(H,15,16)(H,17,18);/q;+1/p-1. The molecule has 20 heavy (non-hydrogen) atoms. The van der Waals surface area contributed by atoms with Gasteiger partial charge in [0.25, 0.3) is 0 Å². The molecule has 6 heteroatoms. The number of hydrogen-bond donors (Lipinski definition) is 1. The van der Waals surface area contributed by atoms with E-state index in [9.17, 15) is 14.7 Å². The van der Waals surface area contributed by atoms with Crippen molar-refractivity contribution in [3.63, 3.8) is 0 Å². The van der Waals surface area contributed by atoms with Gasteiger partial charge in [0.1, 0.15) is 0 Å². The van der Waals surface area contributed by atoms with E-state index in [1.165, 1.54) is 5.56 Å². The Morgan fingerprint density at radius 3 is 2.40 bits per heavy atom. The Morgan fingerprint density at radius 1 is 1.20 bits per heavy atom. The first-order valence-electron chi connectivity index (χ1n) is 6.28. The molecule has 1 aromatic carbocycles. The largest absolute Gasteiger partial charge is 1.00 e. The molecule has 0 saturated carbocycles. The van der Waals surface area contributed by atoms with Gasteiger partial charge in [-0.15, -0.1) is 11.8 Å². The summed E-state index contributed by atoms with van der Waals surface area (Å²) in [6, 6.07) is 7.73. The van der Waals surface area contributed by atoms with E-state index in [2.05, 4.69) is 12.2 Å². The van der Waals surface area contributed by atoms with E-state index in [1.807, 2.05) is 24.3 Å². The molecule has 4 nitrogen and oxygen atoms in total. The van der Waals surface area contributed by atoms with Crippen molar-refractivity contribution in [2.45, 2.75) is 26.2 Å². The molecule has 1 amide bonds. The fourth-order valence-corrected chi connectivity index (χ4v) is 2.09. The Labute approximate surface area is 166 Å². The number of aliphatic carboxylic acids is 1. The number of rotatable bonds is 8. The van der Waals surface area contributed by atoms with Crippen molar-refractivity contribution in [3.05, 3.63) is 29.8 Å². The number of aryl methyl sites for hydroxylation is 1. The summed E-state index contributed by atoms with van der Waals surface area (Å²) in [5.74, 6) is -1.40. The number of thioether (sulfide) groups is 1. The molecule has 1 aromatic rings. The summed E-state index contributed by atoms with van der Waals surface area (Å²) in [5, 5.41) is 12.9. The zero-order chi connectivity index (χ0) is 14.1. The molecule has 0 bridgehead atoms. The topological polar surface area (TPSA) is 69.2 Å². The molecule has 0 spiro atoms. The first-order valence-corrected chi connectivity index (χ1v) is 7.43. The molecule has 0 heterocycles. The number of carboxylic acids is 1. The van der Waals surface area contributed by atoms with Gasteiger partial charge >= 0.3 is 51.4 Å². The summed E-state index contributed by atoms with van der Waals surface area (Å²) >= 11 is 1.03. The molecule has 0 unspecified atom stereocenters. The number of hydrogen-bond acceptors (Lipinski definition) is 4. The second kappa shape index (κ2) is 11.8. The smallest absolute Gasteiger partial charge is 0.549 e. The summed E-state index contributed by atoms with van der Waals surface area (Å²) in [5.41, 5.74) is 1.99. The molecule has 0 fully saturated rings. The number of benzene rings is 1. The van der Waals surface area contributed by atoms with Crippen LogP contribution in [0.4, 0.5) is 5.69 Å². The van der Waals surface area contributed by atoms with Crippen LogP contribution in [-0.4, -0.2) is 23.4 Å². The van der Waals surface area contributed by atoms with Crippen LogP contribution in [0.5, 0.6) is 0 Å². The first-order chi connectivity index (χ1) is 9.11. The molecule has 0 radical (unpaired) electrons. The van der Waals surface area contributed by atoms with Crippen molar-refractivity contribution in [1.29, 1.82) is 0 Å². The number of anilines is 1. The molecule has 0 atom stereocenters. The predicted molar refractivity (Wildman–Crippen MR) is 76.0 cm³/mol. The van der Waals surface area contributed by atoms with Gasteiger partial charge in [-0.3, -0.25) is 4.79 Å². The first kappa shape index (κ1) is 20.1. The van der Waals surface area contributed by atoms with Crippen LogP contribution in [0.25, 0.3) is 0 Å². The van der Waals surface area contributed by atoms with Crippen molar-refractivity contribution in [2.24, 2.45) is 0 Å². The maximum atomic E-state index is 11.5. The summed E-state index contributed by atoms with van der Waals surface area (Å²) in [7, 11) is 0. The zero-order valence-corrected chi connectivity index (χ0v) is 15.9. The minimum atomic E-state index is -1.15. The Kier molecular flexibility index (Phi) is 11.9. The van der Waals surface area contributed by atoms with Crippen molar-refractivity contribution in [1.82, 2.24) is 0 Å². The summed E-state index contributed by atoms with van der Waals surface area (Å²) in [6.07, 6.45) is 3.37. The van der Waals surface area contributed by atoms with E-state index in [4.69, 9.17) is 0 Å². The molecule has 1 rings (SSSR count). The van der Waals surface area contributed by atoms with Crippen molar-refractivity contribution in [2.75, 3.05) is 16.8 Å². The molecule has 0 aromatic heterocycles. The van der Waals surface area contributed by atoms with Crippen LogP contribution in [-0.2, 0) is 16.0 Å². The molecule has 0 saturated heterocycles. The van der Waals surface area contributed by atoms with E-state index in [-0.39, 0.29) is 68.8 Å². The van der Waals surface area contributed by atoms with Gasteiger partial charge in [-0.25, -0.2) is 0 Å². The number of amides is 1. The molecule has 0 aliphatic carbocycles. The fourth-order valence-electron chi connectivity index (χ4n) is 1.56. The van der Waals surface area contributed by atoms with Gasteiger partial charge in [0, 0.05) is 11.4 Å². The van der Waals surface area contributed by atoms with Crippen LogP contribution in [0.1, 0.15) is 25.3 Å². The number of nitrogens with one attached hydrogen (secondary N) is 1. The normalized spacial score (nSPS) is 9.65. The molecule has 0 aliphatic heterocycles. The average Bonchev–Trinajstić information content (AvgIpc) is 2.37. The maximum Gasteiger partial charge on any atom is 1.00 e. The van der Waals surface area contributed by atoms with E-state index in [0.717, 1.165) is 36.7 Å². The van der Waals surface area contributed by atoms with E-state index in [0.29, 0.717) is 0 Å². The quantitative estimate of drug-likeness (QED) is 0.589. The van der Waals surface area contributed by atoms with Gasteiger partial charge in [-0.1, -0.05) is 25.5 Å².